The van der Waals surface area contributed by atoms with E-state index < -0.39 is 0 Å². The molecule has 0 N–H and O–H groups in total. The van der Waals surface area contributed by atoms with Crippen LogP contribution in [0.5, 0.6) is 0 Å². The lowest BCUT2D eigenvalue weighted by molar-refractivity contribution is 0.0381. The first-order valence-electron chi connectivity index (χ1n) is 11.5. The maximum atomic E-state index is 6.57. The number of hydrogen-bond donors (Lipinski definition) is 0. The minimum absolute atomic E-state index is 0.0745. The van der Waals surface area contributed by atoms with Crippen molar-refractivity contribution >= 4 is 17.3 Å². The Bertz CT molecular complexity index is 957. The zero-order chi connectivity index (χ0) is 22.3. The van der Waals surface area contributed by atoms with Gasteiger partial charge in [0.1, 0.15) is 6.10 Å². The lowest BCUT2D eigenvalue weighted by Crippen LogP contribution is -2.35. The van der Waals surface area contributed by atoms with Crippen LogP contribution in [0.25, 0.3) is 0 Å². The molecule has 1 saturated heterocycles. The molecule has 1 aliphatic heterocycles. The van der Waals surface area contributed by atoms with Gasteiger partial charge in [0.15, 0.2) is 0 Å². The van der Waals surface area contributed by atoms with Crippen molar-refractivity contribution in [3.63, 3.8) is 0 Å². The fraction of sp³-hybridized carbons (Fsp3) is 0.357. The van der Waals surface area contributed by atoms with Crippen LogP contribution >= 0.6 is 11.6 Å². The number of anilines is 1. The molecule has 0 spiro atoms. The summed E-state index contributed by atoms with van der Waals surface area (Å²) in [6, 6.07) is 27.9. The van der Waals surface area contributed by atoms with E-state index in [9.17, 15) is 0 Å². The molecule has 2 atom stereocenters. The Morgan fingerprint density at radius 1 is 0.938 bits per heavy atom. The molecule has 0 saturated carbocycles. The molecule has 3 nitrogen and oxygen atoms in total. The second kappa shape index (κ2) is 11.0. The van der Waals surface area contributed by atoms with E-state index in [0.29, 0.717) is 6.04 Å². The number of rotatable bonds is 9. The third-order valence-electron chi connectivity index (χ3n) is 6.37. The first-order chi connectivity index (χ1) is 15.6. The van der Waals surface area contributed by atoms with E-state index in [2.05, 4.69) is 84.6 Å². The number of likely N-dealkylation sites (tertiary alicyclic amines) is 1. The molecule has 3 aromatic rings. The molecule has 0 radical (unpaired) electrons. The van der Waals surface area contributed by atoms with E-state index in [-0.39, 0.29) is 6.10 Å². The van der Waals surface area contributed by atoms with Crippen LogP contribution in [0.2, 0.25) is 5.02 Å². The average Bonchev–Trinajstić information content (AvgIpc) is 3.27. The number of benzene rings is 3. The zero-order valence-corrected chi connectivity index (χ0v) is 19.8. The van der Waals surface area contributed by atoms with Crippen molar-refractivity contribution in [2.75, 3.05) is 38.7 Å². The molecule has 1 heterocycles. The van der Waals surface area contributed by atoms with Crippen LogP contribution in [-0.4, -0.2) is 44.7 Å². The predicted molar refractivity (Wildman–Crippen MR) is 135 cm³/mol. The topological polar surface area (TPSA) is 15.7 Å². The number of hydrogen-bond acceptors (Lipinski definition) is 3. The summed E-state index contributed by atoms with van der Waals surface area (Å²) in [6.45, 7) is 2.97. The summed E-state index contributed by atoms with van der Waals surface area (Å²) >= 11 is 6.12. The summed E-state index contributed by atoms with van der Waals surface area (Å²) in [4.78, 5) is 4.74. The van der Waals surface area contributed by atoms with Gasteiger partial charge in [0, 0.05) is 37.4 Å². The summed E-state index contributed by atoms with van der Waals surface area (Å²) in [5.41, 5.74) is 4.97. The minimum atomic E-state index is -0.0745. The second-order valence-corrected chi connectivity index (χ2v) is 9.25. The quantitative estimate of drug-likeness (QED) is 0.386. The van der Waals surface area contributed by atoms with E-state index >= 15 is 0 Å². The Balaban J connectivity index is 1.38. The van der Waals surface area contributed by atoms with Crippen molar-refractivity contribution in [2.24, 2.45) is 0 Å². The molecule has 1 fully saturated rings. The minimum Gasteiger partial charge on any atom is -0.378 e. The van der Waals surface area contributed by atoms with Gasteiger partial charge in [-0.05, 0) is 66.8 Å². The zero-order valence-electron chi connectivity index (χ0n) is 19.1. The van der Waals surface area contributed by atoms with Crippen molar-refractivity contribution in [2.45, 2.75) is 31.4 Å². The van der Waals surface area contributed by atoms with E-state index in [1.807, 2.05) is 18.2 Å². The van der Waals surface area contributed by atoms with Gasteiger partial charge in [-0.2, -0.15) is 0 Å². The summed E-state index contributed by atoms with van der Waals surface area (Å²) in [6.07, 6.45) is 3.44. The SMILES string of the molecule is CN(C)c1ccc(CCN2CCC[C@@H]2COC(c2ccccc2)c2ccc(Cl)cc2)cc1. The van der Waals surface area contributed by atoms with Crippen LogP contribution in [0.15, 0.2) is 78.9 Å². The Morgan fingerprint density at radius 3 is 2.31 bits per heavy atom. The first-order valence-corrected chi connectivity index (χ1v) is 11.9. The van der Waals surface area contributed by atoms with Gasteiger partial charge in [0.05, 0.1) is 6.61 Å². The molecule has 0 bridgehead atoms. The van der Waals surface area contributed by atoms with Gasteiger partial charge in [-0.25, -0.2) is 0 Å². The molecule has 3 aromatic carbocycles. The smallest absolute Gasteiger partial charge is 0.108 e. The maximum absolute atomic E-state index is 6.57. The van der Waals surface area contributed by atoms with Gasteiger partial charge < -0.3 is 9.64 Å². The van der Waals surface area contributed by atoms with Crippen LogP contribution in [0.1, 0.15) is 35.6 Å². The average molecular weight is 449 g/mol. The summed E-state index contributed by atoms with van der Waals surface area (Å²) < 4.78 is 6.57. The Labute approximate surface area is 197 Å². The van der Waals surface area contributed by atoms with Gasteiger partial charge in [-0.3, -0.25) is 4.90 Å². The normalized spacial score (nSPS) is 17.4. The Hall–Kier alpha value is -2.33. The lowest BCUT2D eigenvalue weighted by Gasteiger charge is -2.27. The Kier molecular flexibility index (Phi) is 7.85. The van der Waals surface area contributed by atoms with Crippen molar-refractivity contribution in [1.82, 2.24) is 4.90 Å². The molecule has 0 aromatic heterocycles. The highest BCUT2D eigenvalue weighted by molar-refractivity contribution is 6.30. The summed E-state index contributed by atoms with van der Waals surface area (Å²) in [5.74, 6) is 0. The fourth-order valence-corrected chi connectivity index (χ4v) is 4.60. The van der Waals surface area contributed by atoms with E-state index in [1.54, 1.807) is 0 Å². The Morgan fingerprint density at radius 2 is 1.62 bits per heavy atom. The van der Waals surface area contributed by atoms with E-state index in [1.165, 1.54) is 29.7 Å². The van der Waals surface area contributed by atoms with Gasteiger partial charge in [-0.15, -0.1) is 0 Å². The van der Waals surface area contributed by atoms with Gasteiger partial charge >= 0.3 is 0 Å². The molecular formula is C28H33ClN2O. The molecule has 32 heavy (non-hydrogen) atoms. The number of halogens is 1. The predicted octanol–water partition coefficient (Wildman–Crippen LogP) is 6.22. The molecule has 168 valence electrons. The maximum Gasteiger partial charge on any atom is 0.108 e. The van der Waals surface area contributed by atoms with Gasteiger partial charge in [-0.1, -0.05) is 66.2 Å². The largest absolute Gasteiger partial charge is 0.378 e. The van der Waals surface area contributed by atoms with E-state index in [0.717, 1.165) is 36.7 Å². The molecule has 0 amide bonds. The highest BCUT2D eigenvalue weighted by Crippen LogP contribution is 2.29. The summed E-state index contributed by atoms with van der Waals surface area (Å²) in [7, 11) is 4.16. The standard InChI is InChI=1S/C28H33ClN2O/c1-30(2)26-16-10-22(11-17-26)18-20-31-19-6-9-27(31)21-32-28(23-7-4-3-5-8-23)24-12-14-25(29)15-13-24/h3-5,7-8,10-17,27-28H,6,9,18-21H2,1-2H3/t27-,28?/m1/s1. The van der Waals surface area contributed by atoms with Crippen molar-refractivity contribution in [1.29, 1.82) is 0 Å². The van der Waals surface area contributed by atoms with Crippen LogP contribution in [0.3, 0.4) is 0 Å². The number of nitrogens with zero attached hydrogens (tertiary/aromatic N) is 2. The summed E-state index contributed by atoms with van der Waals surface area (Å²) in [5, 5.41) is 0.751. The monoisotopic (exact) mass is 448 g/mol. The molecule has 1 aliphatic rings. The fourth-order valence-electron chi connectivity index (χ4n) is 4.47. The van der Waals surface area contributed by atoms with Crippen molar-refractivity contribution in [3.05, 3.63) is 101 Å². The first kappa shape index (κ1) is 22.8. The molecule has 0 aliphatic carbocycles. The highest BCUT2D eigenvalue weighted by Gasteiger charge is 2.26. The van der Waals surface area contributed by atoms with E-state index in [4.69, 9.17) is 16.3 Å². The molecule has 4 rings (SSSR count). The van der Waals surface area contributed by atoms with Crippen molar-refractivity contribution in [3.8, 4) is 0 Å². The van der Waals surface area contributed by atoms with Gasteiger partial charge in [0.25, 0.3) is 0 Å². The molecular weight excluding hydrogens is 416 g/mol. The third kappa shape index (κ3) is 5.92. The molecule has 1 unspecified atom stereocenters. The lowest BCUT2D eigenvalue weighted by atomic mass is 10.0. The third-order valence-corrected chi connectivity index (χ3v) is 6.62. The van der Waals surface area contributed by atoms with Crippen LogP contribution in [0.4, 0.5) is 5.69 Å². The van der Waals surface area contributed by atoms with Gasteiger partial charge in [0.2, 0.25) is 0 Å². The van der Waals surface area contributed by atoms with Crippen LogP contribution in [-0.2, 0) is 11.2 Å². The van der Waals surface area contributed by atoms with Crippen molar-refractivity contribution < 1.29 is 4.74 Å². The highest BCUT2D eigenvalue weighted by atomic mass is 35.5. The number of ether oxygens (including phenoxy) is 1. The van der Waals surface area contributed by atoms with Crippen LogP contribution in [0, 0.1) is 0 Å². The second-order valence-electron chi connectivity index (χ2n) is 8.82. The van der Waals surface area contributed by atoms with Crippen LogP contribution < -0.4 is 4.90 Å². The molecule has 4 heteroatoms.